The normalized spacial score (nSPS) is 10.4. The Morgan fingerprint density at radius 2 is 2.29 bits per heavy atom. The van der Waals surface area contributed by atoms with Crippen molar-refractivity contribution in [2.45, 2.75) is 6.54 Å². The van der Waals surface area contributed by atoms with Crippen molar-refractivity contribution in [3.8, 4) is 5.75 Å². The van der Waals surface area contributed by atoms with Gasteiger partial charge in [-0.05, 0) is 22.0 Å². The van der Waals surface area contributed by atoms with E-state index in [1.54, 1.807) is 7.11 Å². The van der Waals surface area contributed by atoms with Gasteiger partial charge < -0.3 is 15.2 Å². The van der Waals surface area contributed by atoms with Gasteiger partial charge in [-0.15, -0.1) is 0 Å². The minimum absolute atomic E-state index is 0.303. The molecule has 0 fully saturated rings. The number of rotatable bonds is 5. The van der Waals surface area contributed by atoms with Gasteiger partial charge in [0.1, 0.15) is 5.75 Å². The molecule has 1 aromatic rings. The third-order valence-electron chi connectivity index (χ3n) is 1.87. The largest absolute Gasteiger partial charge is 0.506 e. The molecular formula is C10H14BrNO2. The van der Waals surface area contributed by atoms with Crippen LogP contribution in [0, 0.1) is 0 Å². The molecule has 0 heterocycles. The zero-order valence-corrected chi connectivity index (χ0v) is 9.67. The maximum absolute atomic E-state index is 9.64. The van der Waals surface area contributed by atoms with Crippen LogP contribution >= 0.6 is 15.9 Å². The lowest BCUT2D eigenvalue weighted by Crippen LogP contribution is -2.18. The second-order valence-corrected chi connectivity index (χ2v) is 3.77. The van der Waals surface area contributed by atoms with E-state index in [1.807, 2.05) is 18.2 Å². The molecule has 4 heteroatoms. The van der Waals surface area contributed by atoms with E-state index in [4.69, 9.17) is 4.74 Å². The van der Waals surface area contributed by atoms with Gasteiger partial charge in [-0.1, -0.05) is 12.1 Å². The Morgan fingerprint density at radius 1 is 1.50 bits per heavy atom. The third-order valence-corrected chi connectivity index (χ3v) is 2.51. The molecule has 0 atom stereocenters. The zero-order chi connectivity index (χ0) is 10.4. The highest BCUT2D eigenvalue weighted by molar-refractivity contribution is 9.10. The highest BCUT2D eigenvalue weighted by Crippen LogP contribution is 2.26. The smallest absolute Gasteiger partial charge is 0.134 e. The number of benzene rings is 1. The molecule has 0 aliphatic heterocycles. The van der Waals surface area contributed by atoms with Crippen molar-refractivity contribution in [2.24, 2.45) is 0 Å². The summed E-state index contributed by atoms with van der Waals surface area (Å²) in [7, 11) is 1.66. The van der Waals surface area contributed by atoms with Gasteiger partial charge in [0.2, 0.25) is 0 Å². The van der Waals surface area contributed by atoms with E-state index in [0.29, 0.717) is 18.9 Å². The van der Waals surface area contributed by atoms with Crippen LogP contribution < -0.4 is 5.32 Å². The average molecular weight is 260 g/mol. The Morgan fingerprint density at radius 3 is 3.00 bits per heavy atom. The molecule has 0 bridgehead atoms. The standard InChI is InChI=1S/C10H14BrNO2/c1-14-6-5-12-7-8-3-2-4-9(11)10(8)13/h2-4,12-13H,5-7H2,1H3. The van der Waals surface area contributed by atoms with E-state index in [9.17, 15) is 5.11 Å². The van der Waals surface area contributed by atoms with Gasteiger partial charge in [0.05, 0.1) is 11.1 Å². The number of phenols is 1. The van der Waals surface area contributed by atoms with Crippen LogP contribution in [0.15, 0.2) is 22.7 Å². The van der Waals surface area contributed by atoms with E-state index in [0.717, 1.165) is 16.6 Å². The van der Waals surface area contributed by atoms with Crippen LogP contribution in [0.3, 0.4) is 0 Å². The number of methoxy groups -OCH3 is 1. The summed E-state index contributed by atoms with van der Waals surface area (Å²) in [5, 5.41) is 12.8. The first-order valence-electron chi connectivity index (χ1n) is 4.41. The number of aromatic hydroxyl groups is 1. The lowest BCUT2D eigenvalue weighted by atomic mass is 10.2. The van der Waals surface area contributed by atoms with Gasteiger partial charge in [-0.2, -0.15) is 0 Å². The van der Waals surface area contributed by atoms with Crippen LogP contribution in [0.25, 0.3) is 0 Å². The van der Waals surface area contributed by atoms with Crippen molar-refractivity contribution in [1.29, 1.82) is 0 Å². The van der Waals surface area contributed by atoms with Crippen LogP contribution in [0.2, 0.25) is 0 Å². The highest BCUT2D eigenvalue weighted by atomic mass is 79.9. The maximum Gasteiger partial charge on any atom is 0.134 e. The SMILES string of the molecule is COCCNCc1cccc(Br)c1O. The number of hydrogen-bond donors (Lipinski definition) is 2. The monoisotopic (exact) mass is 259 g/mol. The number of hydrogen-bond acceptors (Lipinski definition) is 3. The molecule has 0 amide bonds. The summed E-state index contributed by atoms with van der Waals surface area (Å²) in [6, 6.07) is 5.60. The zero-order valence-electron chi connectivity index (χ0n) is 8.09. The summed E-state index contributed by atoms with van der Waals surface area (Å²) in [5.74, 6) is 0.303. The summed E-state index contributed by atoms with van der Waals surface area (Å²) < 4.78 is 5.62. The van der Waals surface area contributed by atoms with Crippen molar-refractivity contribution in [2.75, 3.05) is 20.3 Å². The molecule has 0 saturated heterocycles. The Hall–Kier alpha value is -0.580. The molecule has 0 aromatic heterocycles. The summed E-state index contributed by atoms with van der Waals surface area (Å²) in [5.41, 5.74) is 0.885. The molecule has 1 aromatic carbocycles. The molecule has 3 nitrogen and oxygen atoms in total. The fourth-order valence-electron chi connectivity index (χ4n) is 1.10. The van der Waals surface area contributed by atoms with E-state index in [1.165, 1.54) is 0 Å². The molecule has 0 radical (unpaired) electrons. The van der Waals surface area contributed by atoms with Gasteiger partial charge in [0.25, 0.3) is 0 Å². The van der Waals surface area contributed by atoms with E-state index in [-0.39, 0.29) is 0 Å². The maximum atomic E-state index is 9.64. The van der Waals surface area contributed by atoms with Crippen LogP contribution in [0.5, 0.6) is 5.75 Å². The Labute approximate surface area is 92.2 Å². The number of nitrogens with one attached hydrogen (secondary N) is 1. The van der Waals surface area contributed by atoms with Gasteiger partial charge in [0.15, 0.2) is 0 Å². The quantitative estimate of drug-likeness (QED) is 0.794. The molecule has 14 heavy (non-hydrogen) atoms. The fourth-order valence-corrected chi connectivity index (χ4v) is 1.51. The minimum Gasteiger partial charge on any atom is -0.506 e. The topological polar surface area (TPSA) is 41.5 Å². The lowest BCUT2D eigenvalue weighted by Gasteiger charge is -2.07. The molecule has 0 spiro atoms. The van der Waals surface area contributed by atoms with Crippen molar-refractivity contribution >= 4 is 15.9 Å². The van der Waals surface area contributed by atoms with Crippen molar-refractivity contribution in [1.82, 2.24) is 5.32 Å². The Bertz CT molecular complexity index is 291. The van der Waals surface area contributed by atoms with Crippen LogP contribution in [-0.2, 0) is 11.3 Å². The third kappa shape index (κ3) is 3.29. The van der Waals surface area contributed by atoms with Gasteiger partial charge >= 0.3 is 0 Å². The first-order valence-corrected chi connectivity index (χ1v) is 5.21. The summed E-state index contributed by atoms with van der Waals surface area (Å²) >= 11 is 3.27. The van der Waals surface area contributed by atoms with Gasteiger partial charge in [-0.3, -0.25) is 0 Å². The second kappa shape index (κ2) is 6.01. The molecule has 2 N–H and O–H groups in total. The number of ether oxygens (including phenoxy) is 1. The summed E-state index contributed by atoms with van der Waals surface area (Å²) in [6.07, 6.45) is 0. The minimum atomic E-state index is 0.303. The fraction of sp³-hybridized carbons (Fsp3) is 0.400. The first kappa shape index (κ1) is 11.5. The number of para-hydroxylation sites is 1. The number of halogens is 1. The molecular weight excluding hydrogens is 246 g/mol. The van der Waals surface area contributed by atoms with Crippen LogP contribution in [0.4, 0.5) is 0 Å². The first-order chi connectivity index (χ1) is 6.75. The van der Waals surface area contributed by atoms with Crippen molar-refractivity contribution in [3.05, 3.63) is 28.2 Å². The lowest BCUT2D eigenvalue weighted by molar-refractivity contribution is 0.199. The predicted molar refractivity (Wildman–Crippen MR) is 59.4 cm³/mol. The van der Waals surface area contributed by atoms with Crippen LogP contribution in [-0.4, -0.2) is 25.4 Å². The molecule has 0 aliphatic rings. The Kier molecular flexibility index (Phi) is 4.93. The van der Waals surface area contributed by atoms with Gasteiger partial charge in [0, 0.05) is 25.8 Å². The molecule has 78 valence electrons. The summed E-state index contributed by atoms with van der Waals surface area (Å²) in [6.45, 7) is 2.10. The number of phenolic OH excluding ortho intramolecular Hbond substituents is 1. The van der Waals surface area contributed by atoms with E-state index >= 15 is 0 Å². The molecule has 0 aliphatic carbocycles. The van der Waals surface area contributed by atoms with Crippen molar-refractivity contribution in [3.63, 3.8) is 0 Å². The highest BCUT2D eigenvalue weighted by Gasteiger charge is 2.03. The van der Waals surface area contributed by atoms with E-state index < -0.39 is 0 Å². The summed E-state index contributed by atoms with van der Waals surface area (Å²) in [4.78, 5) is 0. The molecule has 0 saturated carbocycles. The average Bonchev–Trinajstić information content (AvgIpc) is 2.19. The van der Waals surface area contributed by atoms with E-state index in [2.05, 4.69) is 21.2 Å². The van der Waals surface area contributed by atoms with Crippen molar-refractivity contribution < 1.29 is 9.84 Å². The molecule has 0 unspecified atom stereocenters. The second-order valence-electron chi connectivity index (χ2n) is 2.92. The predicted octanol–water partition coefficient (Wildman–Crippen LogP) is 1.89. The Balaban J connectivity index is 2.46. The molecule has 1 rings (SSSR count). The van der Waals surface area contributed by atoms with Gasteiger partial charge in [-0.25, -0.2) is 0 Å². The van der Waals surface area contributed by atoms with Crippen LogP contribution in [0.1, 0.15) is 5.56 Å².